The minimum atomic E-state index is -1.25. The van der Waals surface area contributed by atoms with Crippen LogP contribution in [0, 0.1) is 11.8 Å². The van der Waals surface area contributed by atoms with Gasteiger partial charge in [0.1, 0.15) is 42.3 Å². The fourth-order valence-electron chi connectivity index (χ4n) is 10.4. The van der Waals surface area contributed by atoms with Crippen molar-refractivity contribution in [3.63, 3.8) is 0 Å². The van der Waals surface area contributed by atoms with Crippen LogP contribution >= 0.6 is 0 Å². The van der Waals surface area contributed by atoms with Crippen molar-refractivity contribution in [2.45, 2.75) is 88.4 Å². The normalized spacial score (nSPS) is 25.2. The van der Waals surface area contributed by atoms with Crippen LogP contribution in [0.4, 0.5) is 14.0 Å². The molecule has 17 heteroatoms. The lowest BCUT2D eigenvalue weighted by Crippen LogP contribution is -2.58. The number of methoxy groups -OCH3 is 2. The van der Waals surface area contributed by atoms with Crippen LogP contribution in [0.2, 0.25) is 0 Å². The molecule has 62 heavy (non-hydrogen) atoms. The van der Waals surface area contributed by atoms with Crippen molar-refractivity contribution in [1.82, 2.24) is 40.4 Å². The number of alkyl carbamates (subject to hydrolysis) is 2. The number of hydrogen-bond acceptors (Lipinski definition) is 10. The van der Waals surface area contributed by atoms with Crippen LogP contribution in [-0.4, -0.2) is 112 Å². The number of piperidine rings is 1. The van der Waals surface area contributed by atoms with Crippen molar-refractivity contribution in [1.29, 1.82) is 0 Å². The Morgan fingerprint density at radius 3 is 2.56 bits per heavy atom. The number of hydrogen-bond donors (Lipinski definition) is 4. The minimum Gasteiger partial charge on any atom is -0.488 e. The number of alkyl halides is 1. The third kappa shape index (κ3) is 6.95. The first-order valence-electron chi connectivity index (χ1n) is 21.4. The fraction of sp³-hybridized carbons (Fsp3) is 0.467. The number of H-pyrrole nitrogens is 2. The van der Waals surface area contributed by atoms with Gasteiger partial charge in [-0.3, -0.25) is 9.59 Å². The second-order valence-electron chi connectivity index (χ2n) is 17.2. The van der Waals surface area contributed by atoms with Gasteiger partial charge in [0.05, 0.1) is 55.8 Å². The van der Waals surface area contributed by atoms with Gasteiger partial charge < -0.3 is 49.3 Å². The first-order valence-corrected chi connectivity index (χ1v) is 21.4. The summed E-state index contributed by atoms with van der Waals surface area (Å²) in [5, 5.41) is 7.38. The number of rotatable bonds is 7. The molecule has 3 aromatic carbocycles. The van der Waals surface area contributed by atoms with Gasteiger partial charge in [0.25, 0.3) is 0 Å². The number of fused-ring (bicyclic) bond motifs is 7. The Morgan fingerprint density at radius 2 is 1.76 bits per heavy atom. The molecule has 1 unspecified atom stereocenters. The number of halogens is 1. The number of ether oxygens (including phenoxy) is 4. The number of nitrogens with zero attached hydrogens (tertiary/aromatic N) is 4. The van der Waals surface area contributed by atoms with Crippen LogP contribution in [0.5, 0.6) is 5.75 Å². The lowest BCUT2D eigenvalue weighted by atomic mass is 9.88. The first kappa shape index (κ1) is 39.9. The summed E-state index contributed by atoms with van der Waals surface area (Å²) in [5.41, 5.74) is 6.22. The fourth-order valence-corrected chi connectivity index (χ4v) is 10.4. The topological polar surface area (TPSA) is 193 Å². The van der Waals surface area contributed by atoms with Gasteiger partial charge in [-0.1, -0.05) is 25.1 Å². The van der Waals surface area contributed by atoms with Crippen LogP contribution in [0.1, 0.15) is 74.7 Å². The summed E-state index contributed by atoms with van der Waals surface area (Å²) in [4.78, 5) is 72.2. The summed E-state index contributed by atoms with van der Waals surface area (Å²) in [6.45, 7) is 3.18. The van der Waals surface area contributed by atoms with E-state index in [0.717, 1.165) is 80.6 Å². The molecular formula is C45H49FN8O8. The number of aromatic nitrogens is 4. The number of benzene rings is 3. The molecule has 4 N–H and O–H groups in total. The highest BCUT2D eigenvalue weighted by molar-refractivity contribution is 6.07. The number of aromatic amines is 2. The Labute approximate surface area is 356 Å². The number of carbonyl (C=O) groups excluding carboxylic acids is 4. The number of carbonyl (C=O) groups is 4. The zero-order valence-electron chi connectivity index (χ0n) is 34.7. The summed E-state index contributed by atoms with van der Waals surface area (Å²) < 4.78 is 36.6. The average Bonchev–Trinajstić information content (AvgIpc) is 4.12. The Kier molecular flexibility index (Phi) is 10.2. The van der Waals surface area contributed by atoms with E-state index >= 15 is 4.39 Å². The molecule has 0 spiro atoms. The second kappa shape index (κ2) is 15.9. The van der Waals surface area contributed by atoms with Crippen LogP contribution in [-0.2, 0) is 30.4 Å². The molecule has 7 heterocycles. The highest BCUT2D eigenvalue weighted by Crippen LogP contribution is 2.45. The van der Waals surface area contributed by atoms with Gasteiger partial charge >= 0.3 is 12.2 Å². The van der Waals surface area contributed by atoms with Crippen LogP contribution in [0.3, 0.4) is 0 Å². The molecule has 0 aliphatic carbocycles. The third-order valence-electron chi connectivity index (χ3n) is 13.6. The molecule has 4 amide bonds. The number of amides is 4. The molecule has 10 rings (SSSR count). The maximum atomic E-state index is 15.1. The minimum absolute atomic E-state index is 0.0123. The third-order valence-corrected chi connectivity index (χ3v) is 13.6. The zero-order chi connectivity index (χ0) is 42.8. The highest BCUT2D eigenvalue weighted by Gasteiger charge is 2.48. The van der Waals surface area contributed by atoms with E-state index in [1.165, 1.54) is 19.1 Å². The number of imidazole rings is 2. The van der Waals surface area contributed by atoms with Gasteiger partial charge in [-0.25, -0.2) is 23.9 Å². The molecule has 4 saturated heterocycles. The Balaban J connectivity index is 0.894. The maximum Gasteiger partial charge on any atom is 0.407 e. The van der Waals surface area contributed by atoms with E-state index < -0.39 is 36.5 Å². The number of nitrogens with one attached hydrogen (secondary N) is 4. The molecule has 0 bridgehead atoms. The average molecular weight is 849 g/mol. The Bertz CT molecular complexity index is 2590. The van der Waals surface area contributed by atoms with Gasteiger partial charge in [-0.05, 0) is 90.3 Å². The standard InChI is InChI=1S/C45H49FN8O8/c1-22-14-28-6-9-34(54(28)43(56)37(22)51-44(57)59-2)41-48-32-8-5-24-16-31-29-7-4-25(15-26(29)21-62-36(31)18-30(24)39(32)50-41)33-19-47-40(49-33)35-17-27(46)20-53(35)42(55)38(52-45(58)60-3)23-10-12-61-13-11-23/h4-5,7-8,15-16,18-19,22-23,27-28,34-35,37-38H,6,9-14,17,20-21H2,1-3H3,(H,47,49)(H,48,50)(H,51,57)(H,52,58)/t22?,27-,28+,34-,35-,37-,38-/m0/s1. The molecule has 5 aromatic rings. The van der Waals surface area contributed by atoms with Crippen LogP contribution < -0.4 is 15.4 Å². The van der Waals surface area contributed by atoms with E-state index in [2.05, 4.69) is 49.9 Å². The molecule has 0 radical (unpaired) electrons. The van der Waals surface area contributed by atoms with Gasteiger partial charge in [-0.2, -0.15) is 0 Å². The van der Waals surface area contributed by atoms with E-state index in [4.69, 9.17) is 23.9 Å². The Hall–Kier alpha value is -6.23. The van der Waals surface area contributed by atoms with E-state index in [1.54, 1.807) is 6.20 Å². The van der Waals surface area contributed by atoms with Gasteiger partial charge in [0, 0.05) is 36.6 Å². The molecule has 2 aromatic heterocycles. The molecule has 5 aliphatic rings. The first-order chi connectivity index (χ1) is 30.1. The smallest absolute Gasteiger partial charge is 0.407 e. The molecule has 5 aliphatic heterocycles. The molecule has 16 nitrogen and oxygen atoms in total. The Morgan fingerprint density at radius 1 is 0.935 bits per heavy atom. The van der Waals surface area contributed by atoms with Gasteiger partial charge in [-0.15, -0.1) is 0 Å². The van der Waals surface area contributed by atoms with E-state index in [9.17, 15) is 19.2 Å². The largest absolute Gasteiger partial charge is 0.488 e. The van der Waals surface area contributed by atoms with E-state index in [1.807, 2.05) is 30.0 Å². The second-order valence-corrected chi connectivity index (χ2v) is 17.2. The number of likely N-dealkylation sites (tertiary alicyclic amines) is 1. The van der Waals surface area contributed by atoms with E-state index in [0.29, 0.717) is 38.5 Å². The van der Waals surface area contributed by atoms with Crippen molar-refractivity contribution < 1.29 is 42.5 Å². The summed E-state index contributed by atoms with van der Waals surface area (Å²) >= 11 is 0. The SMILES string of the molecule is COC(=O)N[C@@H]1C(=O)N2[C@H](CC[C@H]2c2nc3c(ccc4cc5c(cc43)OCc3cc(-c4cnc([C@@H]6C[C@H](F)CN6C(=O)[C@@H](NC(=O)OC)C6CCOCC6)[nH]4)ccc3-5)[nH]2)CC1C. The van der Waals surface area contributed by atoms with E-state index in [-0.39, 0.29) is 48.7 Å². The van der Waals surface area contributed by atoms with Crippen LogP contribution in [0.25, 0.3) is 44.2 Å². The summed E-state index contributed by atoms with van der Waals surface area (Å²) in [5.74, 6) is 1.27. The molecule has 4 fully saturated rings. The van der Waals surface area contributed by atoms with Crippen molar-refractivity contribution in [3.05, 3.63) is 65.9 Å². The molecule has 324 valence electrons. The summed E-state index contributed by atoms with van der Waals surface area (Å²) in [7, 11) is 2.55. The van der Waals surface area contributed by atoms with Gasteiger partial charge in [0.15, 0.2) is 0 Å². The molecule has 7 atom stereocenters. The summed E-state index contributed by atoms with van der Waals surface area (Å²) in [6, 6.07) is 12.0. The highest BCUT2D eigenvalue weighted by atomic mass is 19.1. The predicted molar refractivity (Wildman–Crippen MR) is 224 cm³/mol. The van der Waals surface area contributed by atoms with Gasteiger partial charge in [0.2, 0.25) is 11.8 Å². The summed E-state index contributed by atoms with van der Waals surface area (Å²) in [6.07, 6.45) is 2.81. The molecular weight excluding hydrogens is 800 g/mol. The van der Waals surface area contributed by atoms with Crippen molar-refractivity contribution in [2.75, 3.05) is 34.0 Å². The monoisotopic (exact) mass is 848 g/mol. The lowest BCUT2D eigenvalue weighted by molar-refractivity contribution is -0.142. The van der Waals surface area contributed by atoms with Crippen molar-refractivity contribution in [2.24, 2.45) is 11.8 Å². The quantitative estimate of drug-likeness (QED) is 0.146. The van der Waals surface area contributed by atoms with Crippen LogP contribution in [0.15, 0.2) is 48.7 Å². The lowest BCUT2D eigenvalue weighted by Gasteiger charge is -2.41. The maximum absolute atomic E-state index is 15.1. The zero-order valence-corrected chi connectivity index (χ0v) is 34.7. The molecule has 0 saturated carbocycles. The predicted octanol–water partition coefficient (Wildman–Crippen LogP) is 6.22. The van der Waals surface area contributed by atoms with Crippen molar-refractivity contribution >= 4 is 45.8 Å². The van der Waals surface area contributed by atoms with Crippen molar-refractivity contribution in [3.8, 4) is 28.1 Å².